The maximum Gasteiger partial charge on any atom is 0.337 e. The molecule has 4 nitrogen and oxygen atoms in total. The van der Waals surface area contributed by atoms with E-state index in [-0.39, 0.29) is 5.56 Å². The zero-order valence-electron chi connectivity index (χ0n) is 12.0. The topological polar surface area (TPSA) is 62.3 Å². The molecule has 6 heteroatoms. The van der Waals surface area contributed by atoms with Gasteiger partial charge in [0.15, 0.2) is 0 Å². The molecule has 0 radical (unpaired) electrons. The summed E-state index contributed by atoms with van der Waals surface area (Å²) in [5.74, 6) is -0.193. The van der Waals surface area contributed by atoms with E-state index in [0.29, 0.717) is 22.5 Å². The summed E-state index contributed by atoms with van der Waals surface area (Å²) in [6.45, 7) is 0.595. The summed E-state index contributed by atoms with van der Waals surface area (Å²) in [7, 11) is 0. The Labute approximate surface area is 146 Å². The summed E-state index contributed by atoms with van der Waals surface area (Å²) in [6, 6.07) is 11.1. The van der Waals surface area contributed by atoms with Crippen LogP contribution in [0.3, 0.4) is 0 Å². The van der Waals surface area contributed by atoms with Gasteiger partial charge < -0.3 is 14.8 Å². The van der Waals surface area contributed by atoms with E-state index in [4.69, 9.17) is 16.3 Å². The fourth-order valence-electron chi connectivity index (χ4n) is 2.43. The lowest BCUT2D eigenvalue weighted by atomic mass is 10.0. The average molecular weight is 395 g/mol. The molecular formula is C17H13BrClNO3. The maximum atomic E-state index is 11.3. The van der Waals surface area contributed by atoms with E-state index in [1.807, 2.05) is 24.3 Å². The number of hydrogen-bond donors (Lipinski definition) is 2. The Morgan fingerprint density at radius 1 is 1.26 bits per heavy atom. The fraction of sp³-hybridized carbons (Fsp3) is 0.118. The predicted octanol–water partition coefficient (Wildman–Crippen LogP) is 4.96. The summed E-state index contributed by atoms with van der Waals surface area (Å²) < 4.78 is 5.52. The summed E-state index contributed by atoms with van der Waals surface area (Å²) in [5, 5.41) is 11.2. The number of halogens is 2. The quantitative estimate of drug-likeness (QED) is 0.601. The Kier molecular flexibility index (Phi) is 4.59. The van der Waals surface area contributed by atoms with Gasteiger partial charge in [-0.2, -0.15) is 0 Å². The molecule has 0 spiro atoms. The molecule has 0 bridgehead atoms. The highest BCUT2D eigenvalue weighted by Crippen LogP contribution is 2.34. The van der Waals surface area contributed by atoms with Crippen LogP contribution in [-0.2, 0) is 0 Å². The molecule has 1 aromatic heterocycles. The first kappa shape index (κ1) is 15.9. The highest BCUT2D eigenvalue weighted by molar-refractivity contribution is 9.09. The third-order valence-electron chi connectivity index (χ3n) is 3.51. The normalized spacial score (nSPS) is 10.9. The molecule has 0 aliphatic heterocycles. The number of hydrogen-bond acceptors (Lipinski definition) is 2. The lowest BCUT2D eigenvalue weighted by Gasteiger charge is -2.08. The van der Waals surface area contributed by atoms with Crippen molar-refractivity contribution < 1.29 is 14.6 Å². The van der Waals surface area contributed by atoms with E-state index in [9.17, 15) is 9.90 Å². The Morgan fingerprint density at radius 3 is 2.65 bits per heavy atom. The number of rotatable bonds is 5. The number of aromatic amines is 1. The third-order valence-corrected chi connectivity index (χ3v) is 4.15. The van der Waals surface area contributed by atoms with E-state index < -0.39 is 5.97 Å². The van der Waals surface area contributed by atoms with Crippen LogP contribution in [0.4, 0.5) is 0 Å². The van der Waals surface area contributed by atoms with Crippen LogP contribution in [0.2, 0.25) is 5.02 Å². The van der Waals surface area contributed by atoms with Gasteiger partial charge in [0.05, 0.1) is 17.2 Å². The lowest BCUT2D eigenvalue weighted by Crippen LogP contribution is -1.97. The summed E-state index contributed by atoms with van der Waals surface area (Å²) in [6.07, 6.45) is 1.48. The number of carboxylic acids is 1. The summed E-state index contributed by atoms with van der Waals surface area (Å²) in [5.41, 5.74) is 2.62. The molecule has 0 unspecified atom stereocenters. The number of aromatic nitrogens is 1. The number of alkyl halides is 1. The zero-order chi connectivity index (χ0) is 16.4. The van der Waals surface area contributed by atoms with E-state index in [1.54, 1.807) is 12.1 Å². The number of ether oxygens (including phenoxy) is 1. The smallest absolute Gasteiger partial charge is 0.337 e. The Hall–Kier alpha value is -1.98. The minimum atomic E-state index is -0.969. The molecule has 0 amide bonds. The van der Waals surface area contributed by atoms with Crippen molar-refractivity contribution in [2.45, 2.75) is 0 Å². The molecule has 23 heavy (non-hydrogen) atoms. The average Bonchev–Trinajstić information content (AvgIpc) is 2.95. The number of fused-ring (bicyclic) bond motifs is 1. The third kappa shape index (κ3) is 3.21. The first-order valence-corrected chi connectivity index (χ1v) is 8.43. The molecule has 118 valence electrons. The van der Waals surface area contributed by atoms with Gasteiger partial charge in [-0.05, 0) is 29.8 Å². The minimum absolute atomic E-state index is 0.232. The van der Waals surface area contributed by atoms with Crippen LogP contribution in [0.15, 0.2) is 42.6 Å². The van der Waals surface area contributed by atoms with Crippen LogP contribution in [-0.4, -0.2) is 28.0 Å². The molecule has 0 atom stereocenters. The van der Waals surface area contributed by atoms with Gasteiger partial charge in [-0.25, -0.2) is 4.79 Å². The van der Waals surface area contributed by atoms with Crippen molar-refractivity contribution >= 4 is 44.4 Å². The monoisotopic (exact) mass is 393 g/mol. The molecule has 2 N–H and O–H groups in total. The van der Waals surface area contributed by atoms with Crippen molar-refractivity contribution in [2.24, 2.45) is 0 Å². The van der Waals surface area contributed by atoms with E-state index in [2.05, 4.69) is 20.9 Å². The van der Waals surface area contributed by atoms with Crippen LogP contribution in [0.5, 0.6) is 5.75 Å². The Morgan fingerprint density at radius 2 is 2.00 bits per heavy atom. The van der Waals surface area contributed by atoms with Gasteiger partial charge >= 0.3 is 5.97 Å². The van der Waals surface area contributed by atoms with Gasteiger partial charge in [0, 0.05) is 28.0 Å². The molecule has 0 fully saturated rings. The van der Waals surface area contributed by atoms with E-state index in [1.165, 1.54) is 6.20 Å². The second kappa shape index (κ2) is 6.64. The van der Waals surface area contributed by atoms with Crippen molar-refractivity contribution in [2.75, 3.05) is 11.9 Å². The lowest BCUT2D eigenvalue weighted by molar-refractivity contribution is 0.0699. The van der Waals surface area contributed by atoms with Crippen molar-refractivity contribution in [1.82, 2.24) is 4.98 Å². The van der Waals surface area contributed by atoms with Gasteiger partial charge in [0.25, 0.3) is 0 Å². The van der Waals surface area contributed by atoms with Gasteiger partial charge in [-0.3, -0.25) is 0 Å². The molecule has 3 aromatic rings. The van der Waals surface area contributed by atoms with Gasteiger partial charge in [-0.15, -0.1) is 0 Å². The molecule has 0 aliphatic rings. The van der Waals surface area contributed by atoms with Gasteiger partial charge in [0.2, 0.25) is 0 Å². The van der Waals surface area contributed by atoms with E-state index in [0.717, 1.165) is 22.2 Å². The first-order valence-electron chi connectivity index (χ1n) is 6.93. The van der Waals surface area contributed by atoms with Gasteiger partial charge in [0.1, 0.15) is 5.75 Å². The molecule has 2 aromatic carbocycles. The number of H-pyrrole nitrogens is 1. The van der Waals surface area contributed by atoms with Crippen LogP contribution in [0.1, 0.15) is 10.4 Å². The number of carbonyl (C=O) groups is 1. The Bertz CT molecular complexity index is 858. The summed E-state index contributed by atoms with van der Waals surface area (Å²) >= 11 is 9.66. The molecule has 0 saturated carbocycles. The zero-order valence-corrected chi connectivity index (χ0v) is 14.3. The second-order valence-corrected chi connectivity index (χ2v) is 6.15. The second-order valence-electron chi connectivity index (χ2n) is 4.95. The number of benzene rings is 2. The molecular weight excluding hydrogens is 382 g/mol. The molecule has 0 aliphatic carbocycles. The van der Waals surface area contributed by atoms with Crippen LogP contribution in [0.25, 0.3) is 22.0 Å². The van der Waals surface area contributed by atoms with Crippen LogP contribution >= 0.6 is 27.5 Å². The van der Waals surface area contributed by atoms with Crippen molar-refractivity contribution in [1.29, 1.82) is 0 Å². The SMILES string of the molecule is O=C(O)c1c[nH]c2cc(Cl)c(-c3ccc(OCCBr)cc3)cc12. The van der Waals surface area contributed by atoms with E-state index >= 15 is 0 Å². The molecule has 0 saturated heterocycles. The van der Waals surface area contributed by atoms with Crippen molar-refractivity contribution in [3.05, 3.63) is 53.2 Å². The number of carboxylic acid groups (broad SMARTS) is 1. The highest BCUT2D eigenvalue weighted by Gasteiger charge is 2.14. The van der Waals surface area contributed by atoms with Crippen molar-refractivity contribution in [3.8, 4) is 16.9 Å². The number of nitrogens with one attached hydrogen (secondary N) is 1. The summed E-state index contributed by atoms with van der Waals surface area (Å²) in [4.78, 5) is 14.2. The maximum absolute atomic E-state index is 11.3. The first-order chi connectivity index (χ1) is 11.1. The fourth-order valence-corrected chi connectivity index (χ4v) is 2.86. The molecule has 1 heterocycles. The predicted molar refractivity (Wildman–Crippen MR) is 95.0 cm³/mol. The van der Waals surface area contributed by atoms with Crippen molar-refractivity contribution in [3.63, 3.8) is 0 Å². The highest BCUT2D eigenvalue weighted by atomic mass is 79.9. The van der Waals surface area contributed by atoms with Crippen LogP contribution < -0.4 is 4.74 Å². The largest absolute Gasteiger partial charge is 0.493 e. The van der Waals surface area contributed by atoms with Gasteiger partial charge in [-0.1, -0.05) is 39.7 Å². The Balaban J connectivity index is 2.03. The molecule has 3 rings (SSSR count). The standard InChI is InChI=1S/C17H13BrClNO3/c18-5-6-23-11-3-1-10(2-4-11)12-7-13-14(17(21)22)9-20-16(13)8-15(12)19/h1-4,7-9,20H,5-6H2,(H,21,22). The number of aromatic carboxylic acids is 1. The van der Waals surface area contributed by atoms with Crippen LogP contribution in [0, 0.1) is 0 Å². The minimum Gasteiger partial charge on any atom is -0.493 e.